The molecule has 2 aromatic carbocycles. The summed E-state index contributed by atoms with van der Waals surface area (Å²) in [6.45, 7) is 0. The molecule has 0 fully saturated rings. The lowest BCUT2D eigenvalue weighted by atomic mass is 9.93. The lowest BCUT2D eigenvalue weighted by Crippen LogP contribution is -2.41. The quantitative estimate of drug-likeness (QED) is 0.475. The number of thioether (sulfide) groups is 1. The Morgan fingerprint density at radius 1 is 1.09 bits per heavy atom. The van der Waals surface area contributed by atoms with Crippen molar-refractivity contribution in [2.45, 2.75) is 18.6 Å². The maximum atomic E-state index is 13.1. The maximum absolute atomic E-state index is 13.1. The van der Waals surface area contributed by atoms with E-state index in [0.29, 0.717) is 23.3 Å². The molecule has 2 unspecified atom stereocenters. The molecule has 6 nitrogen and oxygen atoms in total. The number of rotatable bonds is 10. The van der Waals surface area contributed by atoms with Gasteiger partial charge in [0.2, 0.25) is 0 Å². The van der Waals surface area contributed by atoms with E-state index in [4.69, 9.17) is 4.74 Å². The van der Waals surface area contributed by atoms with Gasteiger partial charge in [0.15, 0.2) is 0 Å². The number of aromatic nitrogens is 1. The molecule has 1 heterocycles. The fourth-order valence-electron chi connectivity index (χ4n) is 3.50. The minimum absolute atomic E-state index is 0.350. The van der Waals surface area contributed by atoms with E-state index in [0.717, 1.165) is 16.7 Å². The summed E-state index contributed by atoms with van der Waals surface area (Å²) in [6.07, 6.45) is 5.36. The number of carbonyl (C=O) groups is 2. The van der Waals surface area contributed by atoms with Crippen LogP contribution >= 0.6 is 11.8 Å². The van der Waals surface area contributed by atoms with Crippen LogP contribution in [-0.2, 0) is 9.53 Å². The number of carboxylic acid groups (broad SMARTS) is 1. The van der Waals surface area contributed by atoms with Crippen molar-refractivity contribution in [3.8, 4) is 11.1 Å². The Kier molecular flexibility index (Phi) is 8.41. The minimum Gasteiger partial charge on any atom is -0.480 e. The molecule has 0 aliphatic rings. The van der Waals surface area contributed by atoms with Crippen LogP contribution in [0.4, 0.5) is 0 Å². The standard InChI is InChI=1S/C25H26N2O4S/c1-31-23(19-9-6-13-26-16-19)18-10-11-20(21(15-18)17-7-4-3-5-8-17)24(28)27-22(25(29)30)12-14-32-2/h3-11,13,15-16,22-23H,12,14H2,1-2H3,(H,27,28)(H,29,30). The number of carboxylic acids is 1. The Morgan fingerprint density at radius 3 is 2.50 bits per heavy atom. The van der Waals surface area contributed by atoms with E-state index in [-0.39, 0.29) is 6.10 Å². The lowest BCUT2D eigenvalue weighted by Gasteiger charge is -2.20. The number of amides is 1. The summed E-state index contributed by atoms with van der Waals surface area (Å²) in [5.74, 6) is -0.817. The molecular weight excluding hydrogens is 424 g/mol. The Bertz CT molecular complexity index is 1040. The van der Waals surface area contributed by atoms with E-state index in [1.807, 2.05) is 60.9 Å². The fraction of sp³-hybridized carbons (Fsp3) is 0.240. The third-order valence-corrected chi connectivity index (χ3v) is 5.76. The van der Waals surface area contributed by atoms with Gasteiger partial charge in [-0.3, -0.25) is 9.78 Å². The van der Waals surface area contributed by atoms with Gasteiger partial charge in [0, 0.05) is 30.6 Å². The number of hydrogen-bond acceptors (Lipinski definition) is 5. The van der Waals surface area contributed by atoms with Gasteiger partial charge in [-0.15, -0.1) is 0 Å². The molecule has 2 N–H and O–H groups in total. The van der Waals surface area contributed by atoms with Crippen molar-refractivity contribution in [3.63, 3.8) is 0 Å². The Labute approximate surface area is 192 Å². The molecule has 0 bridgehead atoms. The summed E-state index contributed by atoms with van der Waals surface area (Å²) in [5.41, 5.74) is 3.75. The van der Waals surface area contributed by atoms with Gasteiger partial charge in [0.1, 0.15) is 12.1 Å². The highest BCUT2D eigenvalue weighted by molar-refractivity contribution is 7.98. The van der Waals surface area contributed by atoms with Crippen LogP contribution in [-0.4, -0.2) is 47.1 Å². The van der Waals surface area contributed by atoms with Crippen LogP contribution in [0.25, 0.3) is 11.1 Å². The highest BCUT2D eigenvalue weighted by Crippen LogP contribution is 2.31. The van der Waals surface area contributed by atoms with Gasteiger partial charge in [-0.1, -0.05) is 42.5 Å². The number of pyridine rings is 1. The molecule has 0 saturated heterocycles. The van der Waals surface area contributed by atoms with Crippen molar-refractivity contribution in [1.29, 1.82) is 0 Å². The molecule has 0 aliphatic carbocycles. The number of carbonyl (C=O) groups excluding carboxylic acids is 1. The molecule has 0 spiro atoms. The van der Waals surface area contributed by atoms with Crippen molar-refractivity contribution < 1.29 is 19.4 Å². The Hall–Kier alpha value is -3.16. The van der Waals surface area contributed by atoms with Crippen LogP contribution in [0, 0.1) is 0 Å². The number of benzene rings is 2. The van der Waals surface area contributed by atoms with Crippen LogP contribution in [0.3, 0.4) is 0 Å². The van der Waals surface area contributed by atoms with Gasteiger partial charge in [-0.05, 0) is 53.3 Å². The van der Waals surface area contributed by atoms with E-state index >= 15 is 0 Å². The summed E-state index contributed by atoms with van der Waals surface area (Å²) in [6, 6.07) is 17.9. The minimum atomic E-state index is -1.04. The molecule has 1 amide bonds. The molecule has 0 aliphatic heterocycles. The third-order valence-electron chi connectivity index (χ3n) is 5.11. The smallest absolute Gasteiger partial charge is 0.326 e. The first-order chi connectivity index (χ1) is 15.5. The Balaban J connectivity index is 2.01. The van der Waals surface area contributed by atoms with E-state index < -0.39 is 17.9 Å². The highest BCUT2D eigenvalue weighted by Gasteiger charge is 2.23. The van der Waals surface area contributed by atoms with E-state index in [1.165, 1.54) is 0 Å². The molecule has 0 saturated carbocycles. The van der Waals surface area contributed by atoms with Gasteiger partial charge in [0.25, 0.3) is 5.91 Å². The lowest BCUT2D eigenvalue weighted by molar-refractivity contribution is -0.139. The average molecular weight is 451 g/mol. The van der Waals surface area contributed by atoms with Crippen LogP contribution in [0.1, 0.15) is 34.0 Å². The van der Waals surface area contributed by atoms with Crippen LogP contribution in [0.2, 0.25) is 0 Å². The SMILES string of the molecule is COC(c1cccnc1)c1ccc(C(=O)NC(CCSC)C(=O)O)c(-c2ccccc2)c1. The van der Waals surface area contributed by atoms with Crippen molar-refractivity contribution in [2.75, 3.05) is 19.1 Å². The normalized spacial score (nSPS) is 12.7. The molecule has 0 radical (unpaired) electrons. The predicted octanol–water partition coefficient (Wildman–Crippen LogP) is 4.42. The van der Waals surface area contributed by atoms with Gasteiger partial charge in [-0.25, -0.2) is 4.79 Å². The first-order valence-electron chi connectivity index (χ1n) is 10.2. The molecule has 3 aromatic rings. The second kappa shape index (κ2) is 11.5. The molecule has 1 aromatic heterocycles. The van der Waals surface area contributed by atoms with Crippen molar-refractivity contribution in [3.05, 3.63) is 89.7 Å². The second-order valence-corrected chi connectivity index (χ2v) is 8.20. The molecule has 2 atom stereocenters. The second-order valence-electron chi connectivity index (χ2n) is 7.22. The summed E-state index contributed by atoms with van der Waals surface area (Å²) >= 11 is 1.54. The zero-order valence-corrected chi connectivity index (χ0v) is 18.8. The molecule has 32 heavy (non-hydrogen) atoms. The summed E-state index contributed by atoms with van der Waals surface area (Å²) in [5, 5.41) is 12.2. The number of nitrogens with one attached hydrogen (secondary N) is 1. The summed E-state index contributed by atoms with van der Waals surface area (Å²) < 4.78 is 5.73. The van der Waals surface area contributed by atoms with Crippen molar-refractivity contribution in [1.82, 2.24) is 10.3 Å². The first kappa shape index (κ1) is 23.5. The third kappa shape index (κ3) is 5.75. The number of methoxy groups -OCH3 is 1. The molecule has 166 valence electrons. The zero-order valence-electron chi connectivity index (χ0n) is 18.0. The van der Waals surface area contributed by atoms with Gasteiger partial charge >= 0.3 is 5.97 Å². The van der Waals surface area contributed by atoms with E-state index in [9.17, 15) is 14.7 Å². The highest BCUT2D eigenvalue weighted by atomic mass is 32.2. The fourth-order valence-corrected chi connectivity index (χ4v) is 3.98. The summed E-state index contributed by atoms with van der Waals surface area (Å²) in [4.78, 5) is 28.9. The molecule has 3 rings (SSSR count). The summed E-state index contributed by atoms with van der Waals surface area (Å²) in [7, 11) is 1.63. The van der Waals surface area contributed by atoms with Gasteiger partial charge in [-0.2, -0.15) is 11.8 Å². The first-order valence-corrected chi connectivity index (χ1v) is 11.6. The van der Waals surface area contributed by atoms with Gasteiger partial charge < -0.3 is 15.2 Å². The average Bonchev–Trinajstić information content (AvgIpc) is 2.83. The van der Waals surface area contributed by atoms with E-state index in [2.05, 4.69) is 10.3 Å². The molecule has 7 heteroatoms. The molecular formula is C25H26N2O4S. The van der Waals surface area contributed by atoms with Gasteiger partial charge in [0.05, 0.1) is 0 Å². The number of ether oxygens (including phenoxy) is 1. The number of hydrogen-bond donors (Lipinski definition) is 2. The maximum Gasteiger partial charge on any atom is 0.326 e. The zero-order chi connectivity index (χ0) is 22.9. The predicted molar refractivity (Wildman–Crippen MR) is 127 cm³/mol. The van der Waals surface area contributed by atoms with Crippen LogP contribution in [0.5, 0.6) is 0 Å². The largest absolute Gasteiger partial charge is 0.480 e. The topological polar surface area (TPSA) is 88.5 Å². The number of nitrogens with zero attached hydrogens (tertiary/aromatic N) is 1. The van der Waals surface area contributed by atoms with Crippen molar-refractivity contribution in [2.24, 2.45) is 0 Å². The number of aliphatic carboxylic acids is 1. The van der Waals surface area contributed by atoms with E-state index in [1.54, 1.807) is 37.3 Å². The van der Waals surface area contributed by atoms with Crippen LogP contribution < -0.4 is 5.32 Å². The van der Waals surface area contributed by atoms with Crippen molar-refractivity contribution >= 4 is 23.6 Å². The monoisotopic (exact) mass is 450 g/mol. The Morgan fingerprint density at radius 2 is 1.88 bits per heavy atom. The van der Waals surface area contributed by atoms with Crippen LogP contribution in [0.15, 0.2) is 73.1 Å².